The molecule has 0 aromatic rings. The Labute approximate surface area is 178 Å². The van der Waals surface area contributed by atoms with Gasteiger partial charge in [0, 0.05) is 6.42 Å². The Kier molecular flexibility index (Phi) is 19.3. The lowest BCUT2D eigenvalue weighted by Crippen LogP contribution is -2.29. The third-order valence-electron chi connectivity index (χ3n) is 5.00. The summed E-state index contributed by atoms with van der Waals surface area (Å²) in [5, 5.41) is 8.75. The lowest BCUT2D eigenvalue weighted by molar-refractivity contribution is -0.165. The molecule has 6 nitrogen and oxygen atoms in total. The van der Waals surface area contributed by atoms with Gasteiger partial charge in [0.2, 0.25) is 6.10 Å². The van der Waals surface area contributed by atoms with Gasteiger partial charge in [0.05, 0.1) is 15.9 Å². The average molecular weight is 433 g/mol. The van der Waals surface area contributed by atoms with Crippen molar-refractivity contribution < 1.29 is 28.8 Å². The molecule has 0 saturated heterocycles. The van der Waals surface area contributed by atoms with Crippen LogP contribution < -0.4 is 0 Å². The minimum Gasteiger partial charge on any atom is -0.481 e. The minimum atomic E-state index is -1.38. The second-order valence-corrected chi connectivity index (χ2v) is 7.95. The number of ether oxygens (including phenoxy) is 1. The van der Waals surface area contributed by atoms with Crippen molar-refractivity contribution in [3.63, 3.8) is 0 Å². The topological polar surface area (TPSA) is 89.9 Å². The molecule has 0 rings (SSSR count). The van der Waals surface area contributed by atoms with Gasteiger partial charge in [-0.05, 0) is 6.42 Å². The molecule has 1 unspecified atom stereocenters. The van der Waals surface area contributed by atoms with Gasteiger partial charge >= 0.3 is 17.9 Å². The number of hydrogen-bond acceptors (Lipinski definition) is 5. The van der Waals surface area contributed by atoms with Crippen LogP contribution in [0.5, 0.6) is 0 Å². The molecule has 0 aliphatic carbocycles. The predicted molar refractivity (Wildman–Crippen MR) is 117 cm³/mol. The molecule has 0 aliphatic heterocycles. The molecule has 0 aromatic heterocycles. The van der Waals surface area contributed by atoms with Gasteiger partial charge in [0.25, 0.3) is 0 Å². The fourth-order valence-electron chi connectivity index (χ4n) is 3.27. The van der Waals surface area contributed by atoms with Crippen molar-refractivity contribution in [2.75, 3.05) is 0 Å². The predicted octanol–water partition coefficient (Wildman–Crippen LogP) is 5.97. The number of carbonyl (C=O) groups excluding carboxylic acids is 2. The molecule has 0 fully saturated rings. The summed E-state index contributed by atoms with van der Waals surface area (Å²) in [6, 6.07) is 0. The highest BCUT2D eigenvalue weighted by atomic mass is 31.0. The first-order valence-electron chi connectivity index (χ1n) is 11.3. The summed E-state index contributed by atoms with van der Waals surface area (Å²) in [5.41, 5.74) is 0. The molecule has 0 spiro atoms. The van der Waals surface area contributed by atoms with Crippen molar-refractivity contribution in [3.8, 4) is 0 Å². The van der Waals surface area contributed by atoms with Gasteiger partial charge in [-0.1, -0.05) is 96.8 Å². The van der Waals surface area contributed by atoms with Crippen LogP contribution in [0, 0.1) is 0 Å². The molecule has 29 heavy (non-hydrogen) atoms. The molecule has 0 aliphatic rings. The summed E-state index contributed by atoms with van der Waals surface area (Å²) in [6.07, 6.45) is 16.9. The molecule has 0 saturated carbocycles. The van der Waals surface area contributed by atoms with E-state index in [0.29, 0.717) is 6.42 Å². The van der Waals surface area contributed by atoms with Gasteiger partial charge in [-0.2, -0.15) is 0 Å². The van der Waals surface area contributed by atoms with Gasteiger partial charge in [0.1, 0.15) is 0 Å². The monoisotopic (exact) mass is 432 g/mol. The van der Waals surface area contributed by atoms with E-state index in [4.69, 9.17) is 9.84 Å². The number of rotatable bonds is 20. The molecule has 2 atom stereocenters. The first kappa shape index (κ1) is 27.8. The zero-order valence-corrected chi connectivity index (χ0v) is 19.3. The highest BCUT2D eigenvalue weighted by Crippen LogP contribution is 2.14. The first-order valence-corrected chi connectivity index (χ1v) is 11.8. The average Bonchev–Trinajstić information content (AvgIpc) is 2.69. The van der Waals surface area contributed by atoms with Gasteiger partial charge < -0.3 is 14.4 Å². The molecule has 170 valence electrons. The highest BCUT2D eigenvalue weighted by Gasteiger charge is 2.26. The number of hydrogen-bond donors (Lipinski definition) is 1. The van der Waals surface area contributed by atoms with Crippen LogP contribution in [-0.4, -0.2) is 29.1 Å². The van der Waals surface area contributed by atoms with Crippen LogP contribution in [0.15, 0.2) is 0 Å². The Morgan fingerprint density at radius 2 is 1.17 bits per heavy atom. The molecule has 0 radical (unpaired) electrons. The fraction of sp³-hybridized carbons (Fsp3) is 0.864. The number of carbonyl (C=O) groups is 3. The van der Waals surface area contributed by atoms with Crippen LogP contribution in [-0.2, 0) is 23.6 Å². The Morgan fingerprint density at radius 1 is 0.759 bits per heavy atom. The number of carboxylic acids is 1. The molecule has 7 heteroatoms. The van der Waals surface area contributed by atoms with Gasteiger partial charge in [0.15, 0.2) is 0 Å². The van der Waals surface area contributed by atoms with Crippen molar-refractivity contribution in [1.82, 2.24) is 0 Å². The van der Waals surface area contributed by atoms with Crippen LogP contribution >= 0.6 is 9.47 Å². The maximum Gasteiger partial charge on any atom is 0.350 e. The van der Waals surface area contributed by atoms with E-state index in [1.807, 2.05) is 0 Å². The highest BCUT2D eigenvalue weighted by molar-refractivity contribution is 7.10. The van der Waals surface area contributed by atoms with Crippen molar-refractivity contribution in [3.05, 3.63) is 0 Å². The maximum atomic E-state index is 11.8. The second kappa shape index (κ2) is 20.1. The SMILES string of the molecule is CCCCCCCCCCCCCCCCCC(=O)O[C@@H](CC(=O)O)C(=O)OP. The van der Waals surface area contributed by atoms with E-state index < -0.39 is 30.4 Å². The first-order chi connectivity index (χ1) is 14.0. The van der Waals surface area contributed by atoms with E-state index in [9.17, 15) is 14.4 Å². The number of esters is 1. The number of aliphatic carboxylic acids is 1. The Hall–Kier alpha value is -1.16. The van der Waals surface area contributed by atoms with E-state index in [0.717, 1.165) is 12.8 Å². The Balaban J connectivity index is 3.50. The number of unbranched alkanes of at least 4 members (excludes halogenated alkanes) is 14. The quantitative estimate of drug-likeness (QED) is 0.145. The van der Waals surface area contributed by atoms with E-state index in [1.54, 1.807) is 9.47 Å². The van der Waals surface area contributed by atoms with Crippen LogP contribution in [0.4, 0.5) is 0 Å². The van der Waals surface area contributed by atoms with Gasteiger partial charge in [-0.3, -0.25) is 9.59 Å². The molecule has 0 heterocycles. The third kappa shape index (κ3) is 18.6. The smallest absolute Gasteiger partial charge is 0.350 e. The molecule has 0 bridgehead atoms. The summed E-state index contributed by atoms with van der Waals surface area (Å²) < 4.78 is 9.31. The second-order valence-electron chi connectivity index (χ2n) is 7.71. The Bertz CT molecular complexity index is 441. The number of carboxylic acid groups (broad SMARTS) is 1. The summed E-state index contributed by atoms with van der Waals surface area (Å²) in [6.45, 7) is 2.25. The molecular weight excluding hydrogens is 391 g/mol. The van der Waals surface area contributed by atoms with E-state index >= 15 is 0 Å². The molecule has 0 aromatic carbocycles. The summed E-state index contributed by atoms with van der Waals surface area (Å²) in [5.74, 6) is -2.64. The lowest BCUT2D eigenvalue weighted by atomic mass is 10.0. The Morgan fingerprint density at radius 3 is 1.55 bits per heavy atom. The van der Waals surface area contributed by atoms with Crippen molar-refractivity contribution >= 4 is 27.4 Å². The van der Waals surface area contributed by atoms with Crippen LogP contribution in [0.2, 0.25) is 0 Å². The maximum absolute atomic E-state index is 11.8. The van der Waals surface area contributed by atoms with E-state index in [2.05, 4.69) is 11.4 Å². The third-order valence-corrected chi connectivity index (χ3v) is 5.23. The lowest BCUT2D eigenvalue weighted by Gasteiger charge is -2.13. The summed E-state index contributed by atoms with van der Waals surface area (Å²) in [4.78, 5) is 33.9. The summed E-state index contributed by atoms with van der Waals surface area (Å²) in [7, 11) is 1.74. The zero-order chi connectivity index (χ0) is 21.7. The molecule has 0 amide bonds. The van der Waals surface area contributed by atoms with Crippen molar-refractivity contribution in [2.24, 2.45) is 0 Å². The van der Waals surface area contributed by atoms with Crippen LogP contribution in [0.25, 0.3) is 0 Å². The zero-order valence-electron chi connectivity index (χ0n) is 18.2. The van der Waals surface area contributed by atoms with Crippen LogP contribution in [0.1, 0.15) is 116 Å². The van der Waals surface area contributed by atoms with Gasteiger partial charge in [-0.25, -0.2) is 4.79 Å². The fourth-order valence-corrected chi connectivity index (χ4v) is 3.42. The minimum absolute atomic E-state index is 0.193. The normalized spacial score (nSPS) is 11.8. The van der Waals surface area contributed by atoms with Gasteiger partial charge in [-0.15, -0.1) is 0 Å². The largest absolute Gasteiger partial charge is 0.481 e. The molecular formula is C22H41O6P. The van der Waals surface area contributed by atoms with E-state index in [-0.39, 0.29) is 6.42 Å². The van der Waals surface area contributed by atoms with Crippen LogP contribution in [0.3, 0.4) is 0 Å². The van der Waals surface area contributed by atoms with Crippen molar-refractivity contribution in [1.29, 1.82) is 0 Å². The van der Waals surface area contributed by atoms with E-state index in [1.165, 1.54) is 77.0 Å². The molecule has 1 N–H and O–H groups in total. The van der Waals surface area contributed by atoms with Crippen molar-refractivity contribution in [2.45, 2.75) is 122 Å². The summed E-state index contributed by atoms with van der Waals surface area (Å²) >= 11 is 0. The standard InChI is InChI=1S/C22H41O6P/c1-2-3-4-5-6-7-8-9-10-11-12-13-14-15-16-17-21(25)27-19(18-20(23)24)22(26)28-29/h19H,2-18,29H2,1H3,(H,23,24)/t19-/m0/s1.